The third kappa shape index (κ3) is 4.96. The minimum atomic E-state index is -3.46. The van der Waals surface area contributed by atoms with Gasteiger partial charge < -0.3 is 14.8 Å². The highest BCUT2D eigenvalue weighted by Gasteiger charge is 2.46. The first-order valence-corrected chi connectivity index (χ1v) is 12.7. The topological polar surface area (TPSA) is 88.2 Å². The maximum Gasteiger partial charge on any atom is 0.243 e. The van der Waals surface area contributed by atoms with Crippen molar-refractivity contribution < 1.29 is 22.7 Å². The number of anilines is 1. The van der Waals surface area contributed by atoms with Crippen LogP contribution in [0.2, 0.25) is 0 Å². The Morgan fingerprint density at radius 3 is 2.52 bits per heavy atom. The molecule has 0 saturated carbocycles. The molecule has 1 aromatic rings. The summed E-state index contributed by atoms with van der Waals surface area (Å²) in [7, 11) is -1.76. The van der Waals surface area contributed by atoms with E-state index in [-0.39, 0.29) is 29.1 Å². The molecule has 3 fully saturated rings. The van der Waals surface area contributed by atoms with Gasteiger partial charge in [0.15, 0.2) is 0 Å². The van der Waals surface area contributed by atoms with Crippen LogP contribution >= 0.6 is 0 Å². The number of hydrogen-bond acceptors (Lipinski definition) is 6. The summed E-state index contributed by atoms with van der Waals surface area (Å²) in [5, 5.41) is 2.88. The van der Waals surface area contributed by atoms with Crippen LogP contribution in [0.5, 0.6) is 0 Å². The smallest absolute Gasteiger partial charge is 0.243 e. The molecule has 3 saturated heterocycles. The fraction of sp³-hybridized carbons (Fsp3) is 0.682. The molecule has 1 aromatic carbocycles. The number of benzene rings is 1. The van der Waals surface area contributed by atoms with Crippen LogP contribution in [-0.2, 0) is 24.3 Å². The van der Waals surface area contributed by atoms with Crippen LogP contribution in [0.3, 0.4) is 0 Å². The van der Waals surface area contributed by atoms with E-state index in [2.05, 4.69) is 10.2 Å². The highest BCUT2D eigenvalue weighted by Crippen LogP contribution is 2.37. The van der Waals surface area contributed by atoms with Crippen molar-refractivity contribution in [2.45, 2.75) is 55.1 Å². The zero-order valence-corrected chi connectivity index (χ0v) is 19.0. The lowest BCUT2D eigenvalue weighted by atomic mass is 9.86. The lowest BCUT2D eigenvalue weighted by Gasteiger charge is -2.44. The molecule has 2 unspecified atom stereocenters. The number of carbonyl (C=O) groups is 1. The summed E-state index contributed by atoms with van der Waals surface area (Å²) in [6.07, 6.45) is 5.79. The fourth-order valence-corrected chi connectivity index (χ4v) is 6.49. The molecular weight excluding hydrogens is 418 g/mol. The Labute approximate surface area is 184 Å². The van der Waals surface area contributed by atoms with Gasteiger partial charge in [-0.3, -0.25) is 9.69 Å². The number of amides is 1. The van der Waals surface area contributed by atoms with Gasteiger partial charge in [-0.05, 0) is 56.4 Å². The normalized spacial score (nSPS) is 28.1. The van der Waals surface area contributed by atoms with E-state index in [0.29, 0.717) is 25.3 Å². The standard InChI is InChI=1S/C22H33N3O5S/c1-29-20-16-24(14-11-22(20)10-5-15-30-22)17-21(26)23-18-6-8-19(9-7-18)31(27,28)25-12-3-2-4-13-25/h6-9,20H,2-5,10-17H2,1H3,(H,23,26). The first-order valence-electron chi connectivity index (χ1n) is 11.2. The molecular formula is C22H33N3O5S. The molecule has 0 aliphatic carbocycles. The molecule has 31 heavy (non-hydrogen) atoms. The number of likely N-dealkylation sites (tertiary alicyclic amines) is 1. The van der Waals surface area contributed by atoms with E-state index < -0.39 is 10.0 Å². The molecule has 3 aliphatic heterocycles. The number of nitrogens with zero attached hydrogens (tertiary/aromatic N) is 2. The van der Waals surface area contributed by atoms with Crippen LogP contribution in [0.4, 0.5) is 5.69 Å². The summed E-state index contributed by atoms with van der Waals surface area (Å²) in [6, 6.07) is 6.46. The van der Waals surface area contributed by atoms with Gasteiger partial charge in [0, 0.05) is 45.6 Å². The van der Waals surface area contributed by atoms with E-state index in [1.807, 2.05) is 0 Å². The highest BCUT2D eigenvalue weighted by atomic mass is 32.2. The van der Waals surface area contributed by atoms with Gasteiger partial charge in [0.25, 0.3) is 0 Å². The Kier molecular flexibility index (Phi) is 6.98. The Bertz CT molecular complexity index is 862. The number of sulfonamides is 1. The first kappa shape index (κ1) is 22.7. The predicted molar refractivity (Wildman–Crippen MR) is 117 cm³/mol. The second-order valence-electron chi connectivity index (χ2n) is 8.76. The number of hydrogen-bond donors (Lipinski definition) is 1. The molecule has 3 aliphatic rings. The summed E-state index contributed by atoms with van der Waals surface area (Å²) in [6.45, 7) is 3.65. The molecule has 0 aromatic heterocycles. The first-order chi connectivity index (χ1) is 14.9. The Morgan fingerprint density at radius 2 is 1.87 bits per heavy atom. The minimum absolute atomic E-state index is 0.0316. The van der Waals surface area contributed by atoms with Gasteiger partial charge in [-0.25, -0.2) is 8.42 Å². The summed E-state index contributed by atoms with van der Waals surface area (Å²) in [5.74, 6) is -0.121. The van der Waals surface area contributed by atoms with Crippen molar-refractivity contribution in [1.29, 1.82) is 0 Å². The van der Waals surface area contributed by atoms with Gasteiger partial charge in [-0.15, -0.1) is 0 Å². The van der Waals surface area contributed by atoms with Gasteiger partial charge in [0.05, 0.1) is 23.1 Å². The second kappa shape index (κ2) is 9.54. The number of nitrogens with one attached hydrogen (secondary N) is 1. The van der Waals surface area contributed by atoms with E-state index >= 15 is 0 Å². The van der Waals surface area contributed by atoms with Crippen molar-refractivity contribution in [3.05, 3.63) is 24.3 Å². The SMILES string of the molecule is COC1CN(CC(=O)Nc2ccc(S(=O)(=O)N3CCCCC3)cc2)CCC12CCCO2. The largest absolute Gasteiger partial charge is 0.377 e. The monoisotopic (exact) mass is 451 g/mol. The van der Waals surface area contributed by atoms with Gasteiger partial charge in [0.2, 0.25) is 15.9 Å². The van der Waals surface area contributed by atoms with Crippen LogP contribution in [0, 0.1) is 0 Å². The van der Waals surface area contributed by atoms with Crippen molar-refractivity contribution in [3.63, 3.8) is 0 Å². The van der Waals surface area contributed by atoms with Crippen LogP contribution < -0.4 is 5.32 Å². The van der Waals surface area contributed by atoms with Crippen molar-refractivity contribution in [2.75, 3.05) is 51.8 Å². The number of ether oxygens (including phenoxy) is 2. The molecule has 3 heterocycles. The third-order valence-corrected chi connectivity index (χ3v) is 8.65. The lowest BCUT2D eigenvalue weighted by Crippen LogP contribution is -2.57. The summed E-state index contributed by atoms with van der Waals surface area (Å²) < 4.78 is 38.8. The van der Waals surface area contributed by atoms with Crippen LogP contribution in [0.1, 0.15) is 38.5 Å². The third-order valence-electron chi connectivity index (χ3n) is 6.74. The van der Waals surface area contributed by atoms with E-state index in [1.165, 1.54) is 0 Å². The van der Waals surface area contributed by atoms with E-state index in [0.717, 1.165) is 51.7 Å². The maximum atomic E-state index is 12.8. The Hall–Kier alpha value is -1.52. The van der Waals surface area contributed by atoms with E-state index in [4.69, 9.17) is 9.47 Å². The van der Waals surface area contributed by atoms with Crippen molar-refractivity contribution in [2.24, 2.45) is 0 Å². The highest BCUT2D eigenvalue weighted by molar-refractivity contribution is 7.89. The zero-order chi connectivity index (χ0) is 21.9. The molecule has 0 bridgehead atoms. The van der Waals surface area contributed by atoms with E-state index in [9.17, 15) is 13.2 Å². The minimum Gasteiger partial charge on any atom is -0.377 e. The van der Waals surface area contributed by atoms with Crippen molar-refractivity contribution in [3.8, 4) is 0 Å². The molecule has 1 spiro atoms. The number of piperidine rings is 2. The average molecular weight is 452 g/mol. The maximum absolute atomic E-state index is 12.8. The van der Waals surface area contributed by atoms with Crippen LogP contribution in [0.15, 0.2) is 29.2 Å². The van der Waals surface area contributed by atoms with Gasteiger partial charge >= 0.3 is 0 Å². The Balaban J connectivity index is 1.32. The van der Waals surface area contributed by atoms with E-state index in [1.54, 1.807) is 35.7 Å². The predicted octanol–water partition coefficient (Wildman–Crippen LogP) is 2.07. The molecule has 0 radical (unpaired) electrons. The zero-order valence-electron chi connectivity index (χ0n) is 18.2. The molecule has 8 nitrogen and oxygen atoms in total. The van der Waals surface area contributed by atoms with Crippen LogP contribution in [-0.4, -0.2) is 81.7 Å². The molecule has 2 atom stereocenters. The summed E-state index contributed by atoms with van der Waals surface area (Å²) in [5.41, 5.74) is 0.399. The number of rotatable bonds is 6. The summed E-state index contributed by atoms with van der Waals surface area (Å²) in [4.78, 5) is 14.9. The van der Waals surface area contributed by atoms with Crippen LogP contribution in [0.25, 0.3) is 0 Å². The molecule has 1 amide bonds. The molecule has 1 N–H and O–H groups in total. The van der Waals surface area contributed by atoms with Crippen molar-refractivity contribution in [1.82, 2.24) is 9.21 Å². The number of carbonyl (C=O) groups excluding carboxylic acids is 1. The summed E-state index contributed by atoms with van der Waals surface area (Å²) >= 11 is 0. The quantitative estimate of drug-likeness (QED) is 0.712. The second-order valence-corrected chi connectivity index (χ2v) is 10.7. The molecule has 9 heteroatoms. The molecule has 4 rings (SSSR count). The van der Waals surface area contributed by atoms with Gasteiger partial charge in [-0.2, -0.15) is 4.31 Å². The lowest BCUT2D eigenvalue weighted by molar-refractivity contribution is -0.145. The van der Waals surface area contributed by atoms with Crippen molar-refractivity contribution >= 4 is 21.6 Å². The van der Waals surface area contributed by atoms with Gasteiger partial charge in [0.1, 0.15) is 0 Å². The Morgan fingerprint density at radius 1 is 1.13 bits per heavy atom. The fourth-order valence-electron chi connectivity index (χ4n) is 4.97. The number of methoxy groups -OCH3 is 1. The average Bonchev–Trinajstić information content (AvgIpc) is 3.25. The molecule has 172 valence electrons. The van der Waals surface area contributed by atoms with Gasteiger partial charge in [-0.1, -0.05) is 6.42 Å².